The fourth-order valence-corrected chi connectivity index (χ4v) is 4.62. The Hall–Kier alpha value is -3.76. The summed E-state index contributed by atoms with van der Waals surface area (Å²) in [5.74, 6) is -1.52. The molecule has 0 bridgehead atoms. The van der Waals surface area contributed by atoms with Crippen molar-refractivity contribution in [2.24, 2.45) is 5.92 Å². The number of ether oxygens (including phenoxy) is 1. The van der Waals surface area contributed by atoms with Gasteiger partial charge in [0.15, 0.2) is 0 Å². The maximum Gasteiger partial charge on any atom is 0.292 e. The van der Waals surface area contributed by atoms with Crippen LogP contribution in [-0.4, -0.2) is 77.1 Å². The van der Waals surface area contributed by atoms with Crippen LogP contribution in [-0.2, 0) is 11.2 Å². The number of hydrogen-bond donors (Lipinski definition) is 4. The molecular weight excluding hydrogens is 481 g/mol. The molecule has 2 heterocycles. The van der Waals surface area contributed by atoms with Gasteiger partial charge in [-0.25, -0.2) is 4.39 Å². The van der Waals surface area contributed by atoms with E-state index in [4.69, 9.17) is 9.84 Å². The number of benzene rings is 2. The average molecular weight is 512 g/mol. The van der Waals surface area contributed by atoms with Gasteiger partial charge < -0.3 is 30.2 Å². The number of Topliss-reactive ketones (excluding diaryl/α,β-unsaturated/α-hetero) is 1. The first-order valence-electron chi connectivity index (χ1n) is 12.1. The predicted molar refractivity (Wildman–Crippen MR) is 134 cm³/mol. The molecule has 9 nitrogen and oxygen atoms in total. The molecule has 0 saturated carbocycles. The molecule has 1 unspecified atom stereocenters. The summed E-state index contributed by atoms with van der Waals surface area (Å²) >= 11 is 0. The molecule has 37 heavy (non-hydrogen) atoms. The lowest BCUT2D eigenvalue weighted by molar-refractivity contribution is -0.117. The summed E-state index contributed by atoms with van der Waals surface area (Å²) in [4.78, 5) is 43.2. The summed E-state index contributed by atoms with van der Waals surface area (Å²) in [6.45, 7) is 0.301. The fourth-order valence-electron chi connectivity index (χ4n) is 4.62. The monoisotopic (exact) mass is 511 g/mol. The summed E-state index contributed by atoms with van der Waals surface area (Å²) in [6, 6.07) is 9.67. The van der Waals surface area contributed by atoms with Crippen molar-refractivity contribution in [2.75, 3.05) is 33.4 Å². The van der Waals surface area contributed by atoms with E-state index in [2.05, 4.69) is 10.3 Å². The van der Waals surface area contributed by atoms with Crippen molar-refractivity contribution < 1.29 is 33.7 Å². The minimum atomic E-state index is -1.17. The zero-order valence-corrected chi connectivity index (χ0v) is 20.5. The highest BCUT2D eigenvalue weighted by atomic mass is 19.1. The number of aromatic amines is 1. The number of H-pyrrole nitrogens is 1. The number of hydrogen-bond acceptors (Lipinski definition) is 6. The number of fused-ring (bicyclic) bond motifs is 1. The molecule has 1 aliphatic heterocycles. The number of amides is 2. The quantitative estimate of drug-likeness (QED) is 0.257. The number of aromatic nitrogens is 1. The normalized spacial score (nSPS) is 15.0. The molecule has 1 saturated heterocycles. The minimum absolute atomic E-state index is 0.0840. The van der Waals surface area contributed by atoms with Gasteiger partial charge in [-0.3, -0.25) is 14.4 Å². The molecule has 10 heteroatoms. The van der Waals surface area contributed by atoms with Crippen LogP contribution in [0.2, 0.25) is 0 Å². The Morgan fingerprint density at radius 2 is 1.86 bits per heavy atom. The summed E-state index contributed by atoms with van der Waals surface area (Å²) in [5.41, 5.74) is 1.97. The maximum atomic E-state index is 13.5. The molecule has 4 N–H and O–H groups in total. The van der Waals surface area contributed by atoms with Crippen LogP contribution >= 0.6 is 0 Å². The fraction of sp³-hybridized carbons (Fsp3) is 0.370. The summed E-state index contributed by atoms with van der Waals surface area (Å²) in [7, 11) is 1.46. The number of carbonyl (C=O) groups is 3. The zero-order chi connectivity index (χ0) is 26.5. The molecular formula is C27H30FN3O6. The third-order valence-electron chi connectivity index (χ3n) is 6.73. The number of aliphatic hydroxyl groups is 2. The Morgan fingerprint density at radius 3 is 2.51 bits per heavy atom. The van der Waals surface area contributed by atoms with Crippen LogP contribution in [0.5, 0.6) is 5.75 Å². The first-order valence-corrected chi connectivity index (χ1v) is 12.1. The van der Waals surface area contributed by atoms with Crippen LogP contribution in [0.25, 0.3) is 10.9 Å². The number of halogens is 1. The number of carbonyl (C=O) groups excluding carboxylic acids is 3. The molecule has 196 valence electrons. The van der Waals surface area contributed by atoms with Gasteiger partial charge in [0, 0.05) is 42.8 Å². The van der Waals surface area contributed by atoms with Crippen LogP contribution in [0.4, 0.5) is 4.39 Å². The molecule has 2 aromatic carbocycles. The molecule has 1 atom stereocenters. The lowest BCUT2D eigenvalue weighted by atomic mass is 9.90. The molecule has 1 aromatic heterocycles. The summed E-state index contributed by atoms with van der Waals surface area (Å²) < 4.78 is 18.6. The highest BCUT2D eigenvalue weighted by Crippen LogP contribution is 2.31. The van der Waals surface area contributed by atoms with E-state index < -0.39 is 24.4 Å². The second-order valence-electron chi connectivity index (χ2n) is 9.24. The smallest absolute Gasteiger partial charge is 0.292 e. The number of piperidine rings is 1. The van der Waals surface area contributed by atoms with Gasteiger partial charge in [-0.15, -0.1) is 0 Å². The second kappa shape index (κ2) is 11.5. The van der Waals surface area contributed by atoms with E-state index in [9.17, 15) is 23.9 Å². The first kappa shape index (κ1) is 26.3. The largest absolute Gasteiger partial charge is 0.496 e. The molecule has 4 rings (SSSR count). The molecule has 1 aliphatic rings. The van der Waals surface area contributed by atoms with E-state index in [1.807, 2.05) is 0 Å². The van der Waals surface area contributed by atoms with Crippen molar-refractivity contribution in [3.63, 3.8) is 0 Å². The van der Waals surface area contributed by atoms with Crippen LogP contribution in [0.15, 0.2) is 42.6 Å². The lowest BCUT2D eigenvalue weighted by Gasteiger charge is -2.32. The number of aliphatic hydroxyl groups excluding tert-OH is 2. The van der Waals surface area contributed by atoms with E-state index >= 15 is 0 Å². The minimum Gasteiger partial charge on any atom is -0.496 e. The van der Waals surface area contributed by atoms with Crippen molar-refractivity contribution in [1.82, 2.24) is 15.2 Å². The third-order valence-corrected chi connectivity index (χ3v) is 6.73. The molecule has 0 aliphatic carbocycles. The number of likely N-dealkylation sites (tertiary alicyclic amines) is 1. The standard InChI is InChI=1S/C27H30FN3O6/c1-37-24-12-23-20(22(14-29-23)25(34)26(35)30-13-19(33)15-32)11-21(24)27(36)31-8-6-17(7-9-31)10-16-2-4-18(28)5-3-16/h2-5,11-12,14,17,19,29,32-33H,6-10,13,15H2,1H3,(H,30,35). The van der Waals surface area contributed by atoms with Crippen molar-refractivity contribution in [1.29, 1.82) is 0 Å². The number of nitrogens with one attached hydrogen (secondary N) is 2. The average Bonchev–Trinajstić information content (AvgIpc) is 3.34. The number of methoxy groups -OCH3 is 1. The maximum absolute atomic E-state index is 13.5. The van der Waals surface area contributed by atoms with Gasteiger partial charge in [0.1, 0.15) is 11.6 Å². The van der Waals surface area contributed by atoms with Crippen molar-refractivity contribution >= 4 is 28.5 Å². The number of rotatable bonds is 9. The van der Waals surface area contributed by atoms with Gasteiger partial charge in [-0.1, -0.05) is 12.1 Å². The summed E-state index contributed by atoms with van der Waals surface area (Å²) in [5, 5.41) is 21.0. The van der Waals surface area contributed by atoms with Crippen LogP contribution in [0.1, 0.15) is 39.1 Å². The summed E-state index contributed by atoms with van der Waals surface area (Å²) in [6.07, 6.45) is 2.66. The van der Waals surface area contributed by atoms with Crippen molar-refractivity contribution in [3.8, 4) is 5.75 Å². The second-order valence-corrected chi connectivity index (χ2v) is 9.24. The lowest BCUT2D eigenvalue weighted by Crippen LogP contribution is -2.39. The Labute approximate surface area is 213 Å². The Balaban J connectivity index is 1.48. The highest BCUT2D eigenvalue weighted by Gasteiger charge is 2.28. The predicted octanol–water partition coefficient (Wildman–Crippen LogP) is 2.06. The van der Waals surface area contributed by atoms with Crippen LogP contribution in [0, 0.1) is 11.7 Å². The van der Waals surface area contributed by atoms with Gasteiger partial charge in [-0.05, 0) is 48.9 Å². The van der Waals surface area contributed by atoms with E-state index in [1.54, 1.807) is 29.2 Å². The van der Waals surface area contributed by atoms with E-state index in [1.165, 1.54) is 25.4 Å². The van der Waals surface area contributed by atoms with Gasteiger partial charge in [0.2, 0.25) is 0 Å². The molecule has 0 spiro atoms. The van der Waals surface area contributed by atoms with Gasteiger partial charge in [0.25, 0.3) is 17.6 Å². The van der Waals surface area contributed by atoms with E-state index in [0.717, 1.165) is 24.8 Å². The van der Waals surface area contributed by atoms with Gasteiger partial charge >= 0.3 is 0 Å². The van der Waals surface area contributed by atoms with Crippen LogP contribution < -0.4 is 10.1 Å². The molecule has 1 fully saturated rings. The zero-order valence-electron chi connectivity index (χ0n) is 20.5. The third kappa shape index (κ3) is 5.98. The van der Waals surface area contributed by atoms with Crippen molar-refractivity contribution in [2.45, 2.75) is 25.4 Å². The van der Waals surface area contributed by atoms with E-state index in [0.29, 0.717) is 35.7 Å². The number of ketones is 1. The van der Waals surface area contributed by atoms with Crippen LogP contribution in [0.3, 0.4) is 0 Å². The highest BCUT2D eigenvalue weighted by molar-refractivity contribution is 6.45. The van der Waals surface area contributed by atoms with Crippen molar-refractivity contribution in [3.05, 3.63) is 65.1 Å². The Bertz CT molecular complexity index is 1280. The molecule has 0 radical (unpaired) electrons. The topological polar surface area (TPSA) is 132 Å². The SMILES string of the molecule is COc1cc2[nH]cc(C(=O)C(=O)NCC(O)CO)c2cc1C(=O)N1CCC(Cc2ccc(F)cc2)CC1. The molecule has 3 aromatic rings. The Kier molecular flexibility index (Phi) is 8.20. The van der Waals surface area contributed by atoms with Gasteiger partial charge in [0.05, 0.1) is 30.9 Å². The Morgan fingerprint density at radius 1 is 1.16 bits per heavy atom. The number of nitrogens with zero attached hydrogens (tertiary/aromatic N) is 1. The first-order chi connectivity index (χ1) is 17.8. The van der Waals surface area contributed by atoms with Gasteiger partial charge in [-0.2, -0.15) is 0 Å². The van der Waals surface area contributed by atoms with E-state index in [-0.39, 0.29) is 29.4 Å². The molecule has 2 amide bonds.